The van der Waals surface area contributed by atoms with Gasteiger partial charge in [-0.3, -0.25) is 4.98 Å². The van der Waals surface area contributed by atoms with Gasteiger partial charge in [0.05, 0.1) is 35.0 Å². The van der Waals surface area contributed by atoms with Gasteiger partial charge < -0.3 is 19.7 Å². The maximum Gasteiger partial charge on any atom is 0.123 e. The molecule has 164 valence electrons. The average Bonchev–Trinajstić information content (AvgIpc) is 3.15. The van der Waals surface area contributed by atoms with E-state index < -0.39 is 0 Å². The first-order valence-electron chi connectivity index (χ1n) is 11.7. The van der Waals surface area contributed by atoms with Crippen LogP contribution in [0.3, 0.4) is 0 Å². The predicted molar refractivity (Wildman–Crippen MR) is 127 cm³/mol. The van der Waals surface area contributed by atoms with Crippen LogP contribution < -0.4 is 10.2 Å². The Bertz CT molecular complexity index is 1060. The van der Waals surface area contributed by atoms with E-state index in [0.29, 0.717) is 6.04 Å². The molecule has 1 fully saturated rings. The van der Waals surface area contributed by atoms with Gasteiger partial charge in [-0.25, -0.2) is 4.98 Å². The van der Waals surface area contributed by atoms with Gasteiger partial charge in [0.2, 0.25) is 0 Å². The van der Waals surface area contributed by atoms with Crippen molar-refractivity contribution in [3.8, 4) is 0 Å². The molecule has 2 aliphatic rings. The number of benzene rings is 1. The number of nitrogens with zero attached hydrogens (tertiary/aromatic N) is 5. The van der Waals surface area contributed by atoms with Crippen LogP contribution in [-0.4, -0.2) is 52.7 Å². The van der Waals surface area contributed by atoms with Gasteiger partial charge in [0, 0.05) is 38.9 Å². The number of imidazole rings is 1. The minimum Gasteiger partial charge on any atom is -0.367 e. The Labute approximate surface area is 185 Å². The predicted octanol–water partition coefficient (Wildman–Crippen LogP) is 3.68. The van der Waals surface area contributed by atoms with Crippen LogP contribution in [0.15, 0.2) is 30.5 Å². The Morgan fingerprint density at radius 3 is 2.81 bits per heavy atom. The molecule has 0 saturated carbocycles. The third kappa shape index (κ3) is 3.94. The van der Waals surface area contributed by atoms with Crippen molar-refractivity contribution in [2.24, 2.45) is 0 Å². The number of aromatic nitrogens is 3. The van der Waals surface area contributed by atoms with Crippen LogP contribution in [0.2, 0.25) is 0 Å². The van der Waals surface area contributed by atoms with E-state index in [1.807, 2.05) is 6.20 Å². The highest BCUT2D eigenvalue weighted by atomic mass is 15.3. The molecule has 0 amide bonds. The second-order valence-electron chi connectivity index (χ2n) is 9.09. The van der Waals surface area contributed by atoms with E-state index >= 15 is 0 Å². The second-order valence-corrected chi connectivity index (χ2v) is 9.09. The zero-order valence-electron chi connectivity index (χ0n) is 19.1. The fourth-order valence-corrected chi connectivity index (χ4v) is 5.19. The topological polar surface area (TPSA) is 49.2 Å². The first-order valence-corrected chi connectivity index (χ1v) is 11.7. The molecular formula is C25H34N6. The maximum absolute atomic E-state index is 5.05. The van der Waals surface area contributed by atoms with Gasteiger partial charge in [-0.1, -0.05) is 12.1 Å². The number of pyridine rings is 1. The van der Waals surface area contributed by atoms with E-state index in [1.165, 1.54) is 34.4 Å². The van der Waals surface area contributed by atoms with Crippen molar-refractivity contribution in [3.63, 3.8) is 0 Å². The summed E-state index contributed by atoms with van der Waals surface area (Å²) in [6.45, 7) is 10.4. The SMILES string of the molecule is CCn1c(CN[C@H]2CCCc3cc(C)cnc32)nc2cccc(N3CCN(C)CC3)c21. The van der Waals surface area contributed by atoms with Crippen LogP contribution in [0.25, 0.3) is 11.0 Å². The Morgan fingerprint density at radius 1 is 1.16 bits per heavy atom. The third-order valence-electron chi connectivity index (χ3n) is 6.90. The molecule has 1 aromatic carbocycles. The third-order valence-corrected chi connectivity index (χ3v) is 6.90. The van der Waals surface area contributed by atoms with Crippen molar-refractivity contribution >= 4 is 16.7 Å². The summed E-state index contributed by atoms with van der Waals surface area (Å²) < 4.78 is 2.41. The number of aryl methyl sites for hydroxylation is 3. The van der Waals surface area contributed by atoms with Gasteiger partial charge in [-0.15, -0.1) is 0 Å². The van der Waals surface area contributed by atoms with E-state index in [0.717, 1.165) is 63.5 Å². The molecule has 0 spiro atoms. The van der Waals surface area contributed by atoms with E-state index in [-0.39, 0.29) is 0 Å². The van der Waals surface area contributed by atoms with Crippen molar-refractivity contribution in [2.75, 3.05) is 38.1 Å². The smallest absolute Gasteiger partial charge is 0.123 e. The minimum absolute atomic E-state index is 0.312. The maximum atomic E-state index is 5.05. The molecule has 0 unspecified atom stereocenters. The number of likely N-dealkylation sites (N-methyl/N-ethyl adjacent to an activating group) is 1. The molecule has 1 aliphatic heterocycles. The van der Waals surface area contributed by atoms with Crippen molar-refractivity contribution in [3.05, 3.63) is 53.1 Å². The number of rotatable bonds is 5. The lowest BCUT2D eigenvalue weighted by Gasteiger charge is -2.34. The number of para-hydroxylation sites is 1. The molecule has 3 heterocycles. The summed E-state index contributed by atoms with van der Waals surface area (Å²) in [6, 6.07) is 9.20. The lowest BCUT2D eigenvalue weighted by molar-refractivity contribution is 0.313. The number of hydrogen-bond acceptors (Lipinski definition) is 5. The molecule has 1 atom stereocenters. The molecule has 1 aliphatic carbocycles. The Balaban J connectivity index is 1.42. The highest BCUT2D eigenvalue weighted by Gasteiger charge is 2.23. The first kappa shape index (κ1) is 20.5. The van der Waals surface area contributed by atoms with Gasteiger partial charge in [-0.2, -0.15) is 0 Å². The summed E-state index contributed by atoms with van der Waals surface area (Å²) in [4.78, 5) is 14.8. The fraction of sp³-hybridized carbons (Fsp3) is 0.520. The fourth-order valence-electron chi connectivity index (χ4n) is 5.19. The number of anilines is 1. The van der Waals surface area contributed by atoms with Gasteiger partial charge in [0.25, 0.3) is 0 Å². The van der Waals surface area contributed by atoms with Gasteiger partial charge in [0.15, 0.2) is 0 Å². The molecule has 1 saturated heterocycles. The molecule has 6 nitrogen and oxygen atoms in total. The lowest BCUT2D eigenvalue weighted by atomic mass is 9.91. The molecule has 0 bridgehead atoms. The Hall–Kier alpha value is -2.44. The Kier molecular flexibility index (Phi) is 5.67. The van der Waals surface area contributed by atoms with E-state index in [1.54, 1.807) is 0 Å². The number of piperazine rings is 1. The van der Waals surface area contributed by atoms with Crippen LogP contribution in [0.4, 0.5) is 5.69 Å². The quantitative estimate of drug-likeness (QED) is 0.685. The van der Waals surface area contributed by atoms with Crippen LogP contribution in [0, 0.1) is 6.92 Å². The molecule has 2 aromatic heterocycles. The summed E-state index contributed by atoms with van der Waals surface area (Å²) in [5.74, 6) is 1.12. The number of nitrogens with one attached hydrogen (secondary N) is 1. The van der Waals surface area contributed by atoms with Gasteiger partial charge in [-0.05, 0) is 63.4 Å². The Morgan fingerprint density at radius 2 is 2.00 bits per heavy atom. The molecular weight excluding hydrogens is 384 g/mol. The molecule has 3 aromatic rings. The van der Waals surface area contributed by atoms with Crippen molar-refractivity contribution in [1.29, 1.82) is 0 Å². The highest BCUT2D eigenvalue weighted by Crippen LogP contribution is 2.31. The summed E-state index contributed by atoms with van der Waals surface area (Å²) in [5.41, 5.74) is 7.60. The highest BCUT2D eigenvalue weighted by molar-refractivity contribution is 5.89. The van der Waals surface area contributed by atoms with Crippen LogP contribution in [0.1, 0.15) is 48.5 Å². The summed E-state index contributed by atoms with van der Waals surface area (Å²) in [5, 5.41) is 3.79. The first-order chi connectivity index (χ1) is 15.1. The molecule has 1 N–H and O–H groups in total. The average molecular weight is 419 g/mol. The molecule has 6 heteroatoms. The number of hydrogen-bond donors (Lipinski definition) is 1. The van der Waals surface area contributed by atoms with Crippen molar-refractivity contribution in [1.82, 2.24) is 24.8 Å². The number of fused-ring (bicyclic) bond motifs is 2. The van der Waals surface area contributed by atoms with E-state index in [2.05, 4.69) is 64.8 Å². The zero-order chi connectivity index (χ0) is 21.4. The van der Waals surface area contributed by atoms with Crippen LogP contribution in [-0.2, 0) is 19.5 Å². The summed E-state index contributed by atoms with van der Waals surface area (Å²) in [7, 11) is 2.21. The van der Waals surface area contributed by atoms with Crippen molar-refractivity contribution < 1.29 is 0 Å². The summed E-state index contributed by atoms with van der Waals surface area (Å²) >= 11 is 0. The molecule has 5 rings (SSSR count). The van der Waals surface area contributed by atoms with Gasteiger partial charge >= 0.3 is 0 Å². The standard InChI is InChI=1S/C25H34N6/c1-4-31-23(17-26-20-8-5-7-19-15-18(2)16-27-24(19)20)28-21-9-6-10-22(25(21)31)30-13-11-29(3)12-14-30/h6,9-10,15-16,20,26H,4-5,7-8,11-14,17H2,1-3H3/t20-/m0/s1. The van der Waals surface area contributed by atoms with E-state index in [4.69, 9.17) is 9.97 Å². The monoisotopic (exact) mass is 418 g/mol. The normalized spacial score (nSPS) is 19.7. The second kappa shape index (κ2) is 8.60. The van der Waals surface area contributed by atoms with Gasteiger partial charge in [0.1, 0.15) is 5.82 Å². The minimum atomic E-state index is 0.312. The summed E-state index contributed by atoms with van der Waals surface area (Å²) in [6.07, 6.45) is 5.50. The van der Waals surface area contributed by atoms with Crippen molar-refractivity contribution in [2.45, 2.75) is 52.2 Å². The lowest BCUT2D eigenvalue weighted by Crippen LogP contribution is -2.44. The largest absolute Gasteiger partial charge is 0.367 e. The van der Waals surface area contributed by atoms with Crippen LogP contribution in [0.5, 0.6) is 0 Å². The molecule has 0 radical (unpaired) electrons. The van der Waals surface area contributed by atoms with Crippen LogP contribution >= 0.6 is 0 Å². The zero-order valence-corrected chi connectivity index (χ0v) is 19.1. The van der Waals surface area contributed by atoms with E-state index in [9.17, 15) is 0 Å². The molecule has 31 heavy (non-hydrogen) atoms.